The summed E-state index contributed by atoms with van der Waals surface area (Å²) in [5.74, 6) is -1.50. The molecule has 0 bridgehead atoms. The van der Waals surface area contributed by atoms with Gasteiger partial charge in [-0.05, 0) is 51.6 Å². The van der Waals surface area contributed by atoms with Gasteiger partial charge in [-0.25, -0.2) is 9.59 Å². The third kappa shape index (κ3) is 5.09. The van der Waals surface area contributed by atoms with Gasteiger partial charge < -0.3 is 20.1 Å². The average molecular weight is 571 g/mol. The molecular weight excluding hydrogens is 545 g/mol. The van der Waals surface area contributed by atoms with E-state index in [-0.39, 0.29) is 24.5 Å². The predicted octanol–water partition coefficient (Wildman–Crippen LogP) is 7.39. The maximum atomic E-state index is 13.4. The van der Waals surface area contributed by atoms with Gasteiger partial charge in [-0.15, -0.1) is 0 Å². The van der Waals surface area contributed by atoms with E-state index in [4.69, 9.17) is 4.74 Å². The van der Waals surface area contributed by atoms with Crippen LogP contribution >= 0.6 is 0 Å². The second kappa shape index (κ2) is 10.7. The molecule has 1 amide bonds. The Kier molecular flexibility index (Phi) is 6.94. The number of rotatable bonds is 7. The number of hydrogen-bond donors (Lipinski definition) is 3. The molecule has 6 nitrogen and oxygen atoms in total. The van der Waals surface area contributed by atoms with Gasteiger partial charge in [-0.2, -0.15) is 13.2 Å². The topological polar surface area (TPSA) is 91.4 Å². The van der Waals surface area contributed by atoms with E-state index in [2.05, 4.69) is 10.3 Å². The molecule has 4 aromatic carbocycles. The summed E-state index contributed by atoms with van der Waals surface area (Å²) >= 11 is 0. The molecule has 0 aliphatic heterocycles. The van der Waals surface area contributed by atoms with Crippen LogP contribution in [0.4, 0.5) is 18.0 Å². The van der Waals surface area contributed by atoms with Gasteiger partial charge in [0, 0.05) is 28.9 Å². The summed E-state index contributed by atoms with van der Waals surface area (Å²) in [4.78, 5) is 28.3. The first-order chi connectivity index (χ1) is 20.2. The van der Waals surface area contributed by atoms with Gasteiger partial charge in [0.25, 0.3) is 0 Å². The van der Waals surface area contributed by atoms with Gasteiger partial charge in [0.15, 0.2) is 0 Å². The van der Waals surface area contributed by atoms with Crippen LogP contribution in [0.1, 0.15) is 28.2 Å². The number of aliphatic carboxylic acids is 1. The minimum absolute atomic E-state index is 0.00870. The number of benzene rings is 4. The standard InChI is InChI=1S/C33H25F3N2O4/c34-33(35,36)20-9-7-8-19(16-20)30-26(25-14-5-6-15-28(25)37-30)17-29(31(39)40)38-32(41)42-18-27-23-12-3-1-10-21(23)22-11-2-4-13-24(22)27/h1-16,27,29,37H,17-18H2,(H,38,41)(H,39,40). The summed E-state index contributed by atoms with van der Waals surface area (Å²) in [5, 5.41) is 13.1. The van der Waals surface area contributed by atoms with Crippen molar-refractivity contribution in [1.82, 2.24) is 10.3 Å². The summed E-state index contributed by atoms with van der Waals surface area (Å²) in [6.07, 6.45) is -5.63. The van der Waals surface area contributed by atoms with Gasteiger partial charge in [0.05, 0.1) is 5.56 Å². The molecule has 1 aromatic heterocycles. The number of amides is 1. The highest BCUT2D eigenvalue weighted by molar-refractivity contribution is 5.92. The van der Waals surface area contributed by atoms with E-state index < -0.39 is 29.8 Å². The fraction of sp³-hybridized carbons (Fsp3) is 0.152. The van der Waals surface area contributed by atoms with Gasteiger partial charge in [0.1, 0.15) is 12.6 Å². The van der Waals surface area contributed by atoms with Crippen molar-refractivity contribution in [3.63, 3.8) is 0 Å². The Balaban J connectivity index is 1.24. The molecule has 212 valence electrons. The number of carboxylic acids is 1. The van der Waals surface area contributed by atoms with E-state index in [9.17, 15) is 27.9 Å². The summed E-state index contributed by atoms with van der Waals surface area (Å²) in [5.41, 5.74) is 5.04. The number of H-pyrrole nitrogens is 1. The zero-order valence-corrected chi connectivity index (χ0v) is 22.1. The van der Waals surface area contributed by atoms with Crippen LogP contribution in [0.25, 0.3) is 33.3 Å². The van der Waals surface area contributed by atoms with Crippen molar-refractivity contribution in [2.75, 3.05) is 6.61 Å². The predicted molar refractivity (Wildman–Crippen MR) is 152 cm³/mol. The van der Waals surface area contributed by atoms with E-state index in [1.165, 1.54) is 12.1 Å². The number of ether oxygens (including phenoxy) is 1. The minimum Gasteiger partial charge on any atom is -0.480 e. The van der Waals surface area contributed by atoms with Crippen LogP contribution in [0, 0.1) is 0 Å². The molecule has 3 N–H and O–H groups in total. The van der Waals surface area contributed by atoms with Crippen molar-refractivity contribution < 1.29 is 32.6 Å². The number of para-hydroxylation sites is 1. The summed E-state index contributed by atoms with van der Waals surface area (Å²) in [7, 11) is 0. The first-order valence-electron chi connectivity index (χ1n) is 13.3. The molecule has 1 heterocycles. The number of carboxylic acid groups (broad SMARTS) is 1. The van der Waals surface area contributed by atoms with Crippen LogP contribution in [0.2, 0.25) is 0 Å². The number of carbonyl (C=O) groups is 2. The number of halogens is 3. The molecule has 0 radical (unpaired) electrons. The number of fused-ring (bicyclic) bond motifs is 4. The molecule has 1 aliphatic rings. The second-order valence-electron chi connectivity index (χ2n) is 10.2. The van der Waals surface area contributed by atoms with Crippen molar-refractivity contribution in [2.24, 2.45) is 0 Å². The number of alkyl halides is 3. The number of alkyl carbamates (subject to hydrolysis) is 1. The SMILES string of the molecule is O=C(NC(Cc1c(-c2cccc(C(F)(F)F)c2)[nH]c2ccccc12)C(=O)O)OCC1c2ccccc2-c2ccccc21. The monoisotopic (exact) mass is 570 g/mol. The lowest BCUT2D eigenvalue weighted by molar-refractivity contribution is -0.139. The van der Waals surface area contributed by atoms with E-state index in [0.29, 0.717) is 22.2 Å². The van der Waals surface area contributed by atoms with Crippen LogP contribution < -0.4 is 5.32 Å². The van der Waals surface area contributed by atoms with Crippen molar-refractivity contribution in [1.29, 1.82) is 0 Å². The zero-order chi connectivity index (χ0) is 29.4. The van der Waals surface area contributed by atoms with Crippen molar-refractivity contribution >= 4 is 23.0 Å². The van der Waals surface area contributed by atoms with E-state index in [1.807, 2.05) is 48.5 Å². The van der Waals surface area contributed by atoms with Crippen LogP contribution in [0.15, 0.2) is 97.1 Å². The smallest absolute Gasteiger partial charge is 0.416 e. The zero-order valence-electron chi connectivity index (χ0n) is 22.1. The van der Waals surface area contributed by atoms with E-state index in [0.717, 1.165) is 34.4 Å². The molecule has 42 heavy (non-hydrogen) atoms. The lowest BCUT2D eigenvalue weighted by atomic mass is 9.97. The molecule has 0 saturated carbocycles. The highest BCUT2D eigenvalue weighted by Crippen LogP contribution is 2.44. The normalized spacial score (nSPS) is 13.4. The lowest BCUT2D eigenvalue weighted by Crippen LogP contribution is -2.43. The number of aromatic amines is 1. The molecule has 5 aromatic rings. The maximum absolute atomic E-state index is 13.4. The second-order valence-corrected chi connectivity index (χ2v) is 10.2. The Labute approximate surface area is 238 Å². The molecule has 0 spiro atoms. The number of nitrogens with one attached hydrogen (secondary N) is 2. The van der Waals surface area contributed by atoms with Gasteiger partial charge in [-0.3, -0.25) is 0 Å². The molecule has 9 heteroatoms. The fourth-order valence-electron chi connectivity index (χ4n) is 5.70. The molecule has 6 rings (SSSR count). The van der Waals surface area contributed by atoms with Gasteiger partial charge in [-0.1, -0.05) is 78.9 Å². The number of aromatic nitrogens is 1. The molecular formula is C33H25F3N2O4. The van der Waals surface area contributed by atoms with E-state index in [1.54, 1.807) is 24.3 Å². The summed E-state index contributed by atoms with van der Waals surface area (Å²) in [6, 6.07) is 26.2. The van der Waals surface area contributed by atoms with Crippen molar-refractivity contribution in [3.05, 3.63) is 119 Å². The van der Waals surface area contributed by atoms with Gasteiger partial charge >= 0.3 is 18.2 Å². The summed E-state index contributed by atoms with van der Waals surface area (Å²) in [6.45, 7) is 0.00870. The Hall–Kier alpha value is -5.05. The Bertz CT molecular complexity index is 1770. The largest absolute Gasteiger partial charge is 0.480 e. The first-order valence-corrected chi connectivity index (χ1v) is 13.3. The van der Waals surface area contributed by atoms with Crippen molar-refractivity contribution in [2.45, 2.75) is 24.6 Å². The van der Waals surface area contributed by atoms with E-state index >= 15 is 0 Å². The highest BCUT2D eigenvalue weighted by atomic mass is 19.4. The Morgan fingerprint density at radius 3 is 2.19 bits per heavy atom. The third-order valence-corrected chi connectivity index (χ3v) is 7.63. The van der Waals surface area contributed by atoms with Crippen LogP contribution in [0.5, 0.6) is 0 Å². The maximum Gasteiger partial charge on any atom is 0.416 e. The Morgan fingerprint density at radius 2 is 1.52 bits per heavy atom. The quantitative estimate of drug-likeness (QED) is 0.190. The molecule has 1 aliphatic carbocycles. The van der Waals surface area contributed by atoms with Gasteiger partial charge in [0.2, 0.25) is 0 Å². The minimum atomic E-state index is -4.54. The van der Waals surface area contributed by atoms with Crippen LogP contribution in [0.3, 0.4) is 0 Å². The summed E-state index contributed by atoms with van der Waals surface area (Å²) < 4.78 is 45.9. The molecule has 0 fully saturated rings. The lowest BCUT2D eigenvalue weighted by Gasteiger charge is -2.18. The molecule has 0 saturated heterocycles. The Morgan fingerprint density at radius 1 is 0.881 bits per heavy atom. The number of hydrogen-bond acceptors (Lipinski definition) is 3. The number of carbonyl (C=O) groups excluding carboxylic acids is 1. The molecule has 1 atom stereocenters. The van der Waals surface area contributed by atoms with Crippen LogP contribution in [-0.2, 0) is 22.1 Å². The first kappa shape index (κ1) is 27.1. The van der Waals surface area contributed by atoms with Crippen LogP contribution in [-0.4, -0.2) is 34.8 Å². The third-order valence-electron chi connectivity index (χ3n) is 7.63. The molecule has 1 unspecified atom stereocenters. The highest BCUT2D eigenvalue weighted by Gasteiger charge is 2.32. The average Bonchev–Trinajstić information content (AvgIpc) is 3.51. The van der Waals surface area contributed by atoms with Crippen molar-refractivity contribution in [3.8, 4) is 22.4 Å². The fourth-order valence-corrected chi connectivity index (χ4v) is 5.70.